The molecule has 0 radical (unpaired) electrons. The van der Waals surface area contributed by atoms with E-state index in [1.54, 1.807) is 37.3 Å². The summed E-state index contributed by atoms with van der Waals surface area (Å²) in [6.45, 7) is 1.98. The number of hydrogen-bond donors (Lipinski definition) is 2. The Kier molecular flexibility index (Phi) is 8.25. The molecule has 0 heterocycles. The maximum Gasteiger partial charge on any atom is 0.339 e. The monoisotopic (exact) mass is 449 g/mol. The zero-order chi connectivity index (χ0) is 23.0. The summed E-state index contributed by atoms with van der Waals surface area (Å²) in [6, 6.07) is 12.5. The van der Waals surface area contributed by atoms with Crippen molar-refractivity contribution < 1.29 is 32.4 Å². The highest BCUT2D eigenvalue weighted by atomic mass is 32.2. The molecular weight excluding hydrogens is 426 g/mol. The minimum Gasteiger partial charge on any atom is -0.444 e. The maximum atomic E-state index is 12.7. The van der Waals surface area contributed by atoms with Crippen LogP contribution in [0.4, 0.5) is 4.79 Å². The van der Waals surface area contributed by atoms with Crippen molar-refractivity contribution in [3.8, 4) is 0 Å². The van der Waals surface area contributed by atoms with E-state index >= 15 is 0 Å². The second-order valence-corrected chi connectivity index (χ2v) is 8.11. The summed E-state index contributed by atoms with van der Waals surface area (Å²) < 4.78 is 30.8. The topological polar surface area (TPSA) is 131 Å². The Balaban J connectivity index is 2.31. The molecule has 2 rings (SSSR count). The summed E-state index contributed by atoms with van der Waals surface area (Å²) in [5, 5.41) is 4.52. The molecule has 31 heavy (non-hydrogen) atoms. The summed E-state index contributed by atoms with van der Waals surface area (Å²) in [6.07, 6.45) is -1.43. The Morgan fingerprint density at radius 1 is 1.06 bits per heavy atom. The van der Waals surface area contributed by atoms with Crippen LogP contribution < -0.4 is 10.6 Å². The third kappa shape index (κ3) is 6.10. The van der Waals surface area contributed by atoms with Crippen molar-refractivity contribution in [1.29, 1.82) is 0 Å². The van der Waals surface area contributed by atoms with Gasteiger partial charge in [-0.3, -0.25) is 14.9 Å². The number of rotatable bonds is 8. The van der Waals surface area contributed by atoms with Gasteiger partial charge in [-0.1, -0.05) is 40.9 Å². The lowest BCUT2D eigenvalue weighted by Crippen LogP contribution is -2.42. The van der Waals surface area contributed by atoms with Crippen molar-refractivity contribution in [2.24, 2.45) is 0 Å². The molecule has 2 aromatic carbocycles. The molecule has 0 spiro atoms. The highest BCUT2D eigenvalue weighted by Crippen LogP contribution is 2.22. The fourth-order valence-electron chi connectivity index (χ4n) is 2.49. The number of ether oxygens (including phenoxy) is 1. The molecule has 1 atom stereocenters. The van der Waals surface area contributed by atoms with Crippen molar-refractivity contribution in [1.82, 2.24) is 15.1 Å². The van der Waals surface area contributed by atoms with E-state index in [-0.39, 0.29) is 10.5 Å². The van der Waals surface area contributed by atoms with E-state index in [2.05, 4.69) is 10.6 Å². The average molecular weight is 449 g/mol. The van der Waals surface area contributed by atoms with Gasteiger partial charge in [-0.15, -0.1) is 0 Å². The smallest absolute Gasteiger partial charge is 0.339 e. The van der Waals surface area contributed by atoms with E-state index in [4.69, 9.17) is 9.57 Å². The van der Waals surface area contributed by atoms with Gasteiger partial charge in [-0.25, -0.2) is 18.0 Å². The van der Waals surface area contributed by atoms with Crippen LogP contribution in [-0.4, -0.2) is 51.5 Å². The second-order valence-electron chi connectivity index (χ2n) is 6.17. The van der Waals surface area contributed by atoms with E-state index < -0.39 is 34.0 Å². The average Bonchev–Trinajstić information content (AvgIpc) is 2.77. The lowest BCUT2D eigenvalue weighted by molar-refractivity contribution is -0.129. The van der Waals surface area contributed by atoms with Crippen LogP contribution in [0, 0.1) is 0 Å². The van der Waals surface area contributed by atoms with E-state index in [9.17, 15) is 22.8 Å². The van der Waals surface area contributed by atoms with E-state index in [0.29, 0.717) is 16.6 Å². The molecule has 0 saturated carbocycles. The van der Waals surface area contributed by atoms with Crippen molar-refractivity contribution >= 4 is 27.9 Å². The fraction of sp³-hybridized carbons (Fsp3) is 0.250. The first-order valence-electron chi connectivity index (χ1n) is 9.18. The number of carbonyl (C=O) groups excluding carboxylic acids is 3. The molecule has 0 aliphatic carbocycles. The van der Waals surface area contributed by atoms with Gasteiger partial charge < -0.3 is 10.1 Å². The second kappa shape index (κ2) is 10.7. The third-order valence-electron chi connectivity index (χ3n) is 4.10. The summed E-state index contributed by atoms with van der Waals surface area (Å²) in [4.78, 5) is 41.5. The lowest BCUT2D eigenvalue weighted by atomic mass is 10.1. The number of amides is 3. The van der Waals surface area contributed by atoms with Crippen LogP contribution in [0.2, 0.25) is 0 Å². The first-order chi connectivity index (χ1) is 14.7. The van der Waals surface area contributed by atoms with E-state index in [1.165, 1.54) is 32.4 Å². The number of nitrogens with one attached hydrogen (secondary N) is 2. The van der Waals surface area contributed by atoms with Crippen molar-refractivity contribution in [3.63, 3.8) is 0 Å². The Bertz CT molecular complexity index is 1040. The van der Waals surface area contributed by atoms with Gasteiger partial charge in [-0.2, -0.15) is 0 Å². The number of benzene rings is 2. The lowest BCUT2D eigenvalue weighted by Gasteiger charge is -2.18. The first kappa shape index (κ1) is 24.0. The van der Waals surface area contributed by atoms with E-state index in [0.717, 1.165) is 6.07 Å². The van der Waals surface area contributed by atoms with Gasteiger partial charge in [0.2, 0.25) is 6.10 Å². The van der Waals surface area contributed by atoms with Gasteiger partial charge in [0, 0.05) is 19.2 Å². The number of esters is 1. The summed E-state index contributed by atoms with van der Waals surface area (Å²) >= 11 is 0. The van der Waals surface area contributed by atoms with Gasteiger partial charge in [0.1, 0.15) is 0 Å². The van der Waals surface area contributed by atoms with Crippen LogP contribution in [0.15, 0.2) is 59.5 Å². The SMILES string of the molecule is CCNC(=O)NC(=O)C(OC(=O)c1cccc(S(=O)(=O)N(C)OC)c1)c1ccccc1. The molecule has 11 heteroatoms. The normalized spacial score (nSPS) is 12.1. The standard InChI is InChI=1S/C20H23N3O7S/c1-4-21-20(26)22-18(24)17(14-9-6-5-7-10-14)30-19(25)15-11-8-12-16(13-15)31(27,28)23(2)29-3/h5-13,17H,4H2,1-3H3,(H2,21,22,24,26). The zero-order valence-electron chi connectivity index (χ0n) is 17.2. The van der Waals surface area contributed by atoms with Crippen LogP contribution in [0.3, 0.4) is 0 Å². The molecule has 0 saturated heterocycles. The van der Waals surface area contributed by atoms with Gasteiger partial charge in [0.15, 0.2) is 0 Å². The minimum atomic E-state index is -3.99. The Morgan fingerprint density at radius 2 is 1.74 bits per heavy atom. The van der Waals surface area contributed by atoms with Crippen LogP contribution in [-0.2, 0) is 24.4 Å². The maximum absolute atomic E-state index is 12.7. The number of carbonyl (C=O) groups is 3. The third-order valence-corrected chi connectivity index (χ3v) is 5.78. The summed E-state index contributed by atoms with van der Waals surface area (Å²) in [5.41, 5.74) is 0.234. The van der Waals surface area contributed by atoms with Crippen molar-refractivity contribution in [3.05, 3.63) is 65.7 Å². The predicted molar refractivity (Wildman–Crippen MR) is 110 cm³/mol. The molecule has 2 N–H and O–H groups in total. The highest BCUT2D eigenvalue weighted by molar-refractivity contribution is 7.89. The summed E-state index contributed by atoms with van der Waals surface area (Å²) in [7, 11) is -1.60. The molecule has 0 aliphatic heterocycles. The van der Waals surface area contributed by atoms with Gasteiger partial charge >= 0.3 is 12.0 Å². The Hall–Kier alpha value is -3.28. The van der Waals surface area contributed by atoms with Crippen LogP contribution in [0.1, 0.15) is 28.9 Å². The molecule has 3 amide bonds. The van der Waals surface area contributed by atoms with Gasteiger partial charge in [-0.05, 0) is 25.1 Å². The number of urea groups is 1. The van der Waals surface area contributed by atoms with Crippen molar-refractivity contribution in [2.75, 3.05) is 20.7 Å². The van der Waals surface area contributed by atoms with Crippen molar-refractivity contribution in [2.45, 2.75) is 17.9 Å². The first-order valence-corrected chi connectivity index (χ1v) is 10.6. The fourth-order valence-corrected chi connectivity index (χ4v) is 3.51. The Morgan fingerprint density at radius 3 is 2.35 bits per heavy atom. The van der Waals surface area contributed by atoms with Crippen LogP contribution in [0.5, 0.6) is 0 Å². The molecule has 2 aromatic rings. The number of sulfonamides is 1. The number of imide groups is 1. The van der Waals surface area contributed by atoms with E-state index in [1.807, 2.05) is 0 Å². The minimum absolute atomic E-state index is 0.0997. The molecule has 0 fully saturated rings. The van der Waals surface area contributed by atoms with Gasteiger partial charge in [0.25, 0.3) is 15.9 Å². The molecule has 1 unspecified atom stereocenters. The largest absolute Gasteiger partial charge is 0.444 e. The number of nitrogens with zero attached hydrogens (tertiary/aromatic N) is 1. The predicted octanol–water partition coefficient (Wildman–Crippen LogP) is 1.61. The molecule has 0 aromatic heterocycles. The molecule has 0 aliphatic rings. The van der Waals surface area contributed by atoms with Gasteiger partial charge in [0.05, 0.1) is 17.6 Å². The quantitative estimate of drug-likeness (QED) is 0.462. The molecular formula is C20H23N3O7S. The number of hydrogen-bond acceptors (Lipinski definition) is 7. The zero-order valence-corrected chi connectivity index (χ0v) is 18.0. The van der Waals surface area contributed by atoms with Crippen LogP contribution in [0.25, 0.3) is 0 Å². The highest BCUT2D eigenvalue weighted by Gasteiger charge is 2.28. The van der Waals surface area contributed by atoms with Crippen LogP contribution >= 0.6 is 0 Å². The number of hydroxylamine groups is 1. The summed E-state index contributed by atoms with van der Waals surface area (Å²) in [5.74, 6) is -1.80. The Labute approximate surface area is 180 Å². The molecule has 0 bridgehead atoms. The molecule has 166 valence electrons. The molecule has 10 nitrogen and oxygen atoms in total.